The first-order valence-electron chi connectivity index (χ1n) is 15.4. The summed E-state index contributed by atoms with van der Waals surface area (Å²) in [5, 5.41) is 26.6. The van der Waals surface area contributed by atoms with E-state index in [-0.39, 0.29) is 12.5 Å². The highest BCUT2D eigenvalue weighted by Gasteiger charge is 2.20. The fourth-order valence-corrected chi connectivity index (χ4v) is 5.59. The van der Waals surface area contributed by atoms with Gasteiger partial charge in [0.05, 0.1) is 37.2 Å². The summed E-state index contributed by atoms with van der Waals surface area (Å²) in [4.78, 5) is 0. The van der Waals surface area contributed by atoms with Gasteiger partial charge in [-0.2, -0.15) is 10.5 Å². The van der Waals surface area contributed by atoms with Gasteiger partial charge in [-0.25, -0.2) is 0 Å². The zero-order valence-corrected chi connectivity index (χ0v) is 26.0. The summed E-state index contributed by atoms with van der Waals surface area (Å²) in [7, 11) is -1.50. The Bertz CT molecular complexity index is 522. The number of nitriles is 2. The Hall–Kier alpha value is -0.883. The lowest BCUT2D eigenvalue weighted by Gasteiger charge is -2.24. The maximum atomic E-state index is 9.33. The van der Waals surface area contributed by atoms with Crippen molar-refractivity contribution in [3.05, 3.63) is 0 Å². The average molecular weight is 523 g/mol. The van der Waals surface area contributed by atoms with Crippen LogP contribution >= 0.6 is 0 Å². The van der Waals surface area contributed by atoms with Gasteiger partial charge in [0, 0.05) is 0 Å². The van der Waals surface area contributed by atoms with E-state index in [9.17, 15) is 5.11 Å². The smallest absolute Gasteiger partial charge is 0.184 e. The summed E-state index contributed by atoms with van der Waals surface area (Å²) in [6.07, 6.45) is 26.4. The van der Waals surface area contributed by atoms with Gasteiger partial charge in [0.2, 0.25) is 0 Å². The molecule has 4 nitrogen and oxygen atoms in total. The molecule has 1 N–H and O–H groups in total. The average Bonchev–Trinajstić information content (AvgIpc) is 2.82. The maximum Gasteiger partial charge on any atom is 0.184 e. The molecule has 0 heterocycles. The molecule has 36 heavy (non-hydrogen) atoms. The van der Waals surface area contributed by atoms with E-state index in [4.69, 9.17) is 14.9 Å². The molecule has 0 aromatic rings. The Morgan fingerprint density at radius 3 is 1.31 bits per heavy atom. The third kappa shape index (κ3) is 33.1. The van der Waals surface area contributed by atoms with E-state index in [0.717, 1.165) is 19.3 Å². The molecule has 0 aliphatic rings. The van der Waals surface area contributed by atoms with Crippen LogP contribution in [-0.4, -0.2) is 25.6 Å². The van der Waals surface area contributed by atoms with Crippen LogP contribution in [0.3, 0.4) is 0 Å². The summed E-state index contributed by atoms with van der Waals surface area (Å²) in [5.41, 5.74) is 0. The zero-order valence-electron chi connectivity index (χ0n) is 25.0. The monoisotopic (exact) mass is 522 g/mol. The first kappa shape index (κ1) is 37.3. The predicted octanol–water partition coefficient (Wildman–Crippen LogP) is 10.2. The van der Waals surface area contributed by atoms with Crippen LogP contribution in [0.5, 0.6) is 0 Å². The molecule has 0 saturated heterocycles. The molecule has 0 aromatic carbocycles. The van der Waals surface area contributed by atoms with Crippen molar-refractivity contribution in [1.82, 2.24) is 0 Å². The third-order valence-corrected chi connectivity index (χ3v) is 7.48. The summed E-state index contributed by atoms with van der Waals surface area (Å²) < 4.78 is 6.07. The van der Waals surface area contributed by atoms with Crippen LogP contribution in [0.2, 0.25) is 19.6 Å². The van der Waals surface area contributed by atoms with Gasteiger partial charge >= 0.3 is 0 Å². The van der Waals surface area contributed by atoms with Gasteiger partial charge < -0.3 is 9.53 Å². The lowest BCUT2D eigenvalue weighted by molar-refractivity contribution is 0.165. The number of nitrogens with zero attached hydrogens (tertiary/aromatic N) is 2. The van der Waals surface area contributed by atoms with E-state index in [1.54, 1.807) is 0 Å². The molecule has 2 atom stereocenters. The highest BCUT2D eigenvalue weighted by molar-refractivity contribution is 6.69. The fraction of sp³-hybridized carbons (Fsp3) is 0.935. The van der Waals surface area contributed by atoms with Crippen LogP contribution in [0.1, 0.15) is 155 Å². The number of hydrogen-bond donors (Lipinski definition) is 1. The molecular formula is C31H62N2O2Si. The molecule has 0 spiro atoms. The summed E-state index contributed by atoms with van der Waals surface area (Å²) in [6, 6.07) is 4.27. The van der Waals surface area contributed by atoms with Gasteiger partial charge in [-0.15, -0.1) is 0 Å². The number of hydrogen-bond acceptors (Lipinski definition) is 4. The number of aliphatic hydroxyl groups excluding tert-OH is 1. The van der Waals surface area contributed by atoms with Crippen molar-refractivity contribution < 1.29 is 9.53 Å². The standard InChI is InChI=1S/C17H35NOSi.C14H27NO/c1-5-6-7-8-9-10-11-12-13-14-17(15-16-18)19-20(2,3)4;1-2-3-4-5-6-7-8-9-10-11-14(16)12-13-15/h17H,5-15H2,1-4H3;14,16H,2-12H2,1H3/t17-;14-/m11/s1. The Kier molecular flexibility index (Phi) is 29.7. The SMILES string of the molecule is CCCCCCCCCCC[C@@H](O)CC#N.CCCCCCCCCCC[C@H](CC#N)O[Si](C)(C)C. The first-order chi connectivity index (χ1) is 17.3. The molecule has 0 unspecified atom stereocenters. The van der Waals surface area contributed by atoms with Crippen molar-refractivity contribution in [2.75, 3.05) is 0 Å². The molecule has 0 radical (unpaired) electrons. The van der Waals surface area contributed by atoms with Crippen LogP contribution in [0.25, 0.3) is 0 Å². The topological polar surface area (TPSA) is 77.0 Å². The van der Waals surface area contributed by atoms with Gasteiger partial charge in [0.15, 0.2) is 8.32 Å². The fourth-order valence-electron chi connectivity index (χ4n) is 4.39. The molecule has 0 aromatic heterocycles. The van der Waals surface area contributed by atoms with E-state index in [1.807, 2.05) is 6.07 Å². The van der Waals surface area contributed by atoms with Gasteiger partial charge in [0.25, 0.3) is 0 Å². The van der Waals surface area contributed by atoms with Crippen LogP contribution in [-0.2, 0) is 4.43 Å². The van der Waals surface area contributed by atoms with E-state index >= 15 is 0 Å². The highest BCUT2D eigenvalue weighted by atomic mass is 28.4. The Morgan fingerprint density at radius 2 is 0.944 bits per heavy atom. The van der Waals surface area contributed by atoms with Crippen LogP contribution in [0.15, 0.2) is 0 Å². The second kappa shape index (κ2) is 28.7. The molecular weight excluding hydrogens is 460 g/mol. The largest absolute Gasteiger partial charge is 0.414 e. The Labute approximate surface area is 227 Å². The van der Waals surface area contributed by atoms with Crippen molar-refractivity contribution in [3.8, 4) is 12.1 Å². The first-order valence-corrected chi connectivity index (χ1v) is 18.8. The van der Waals surface area contributed by atoms with Crippen molar-refractivity contribution in [1.29, 1.82) is 10.5 Å². The van der Waals surface area contributed by atoms with Crippen molar-refractivity contribution >= 4 is 8.32 Å². The van der Waals surface area contributed by atoms with E-state index in [0.29, 0.717) is 6.42 Å². The van der Waals surface area contributed by atoms with Gasteiger partial charge in [-0.3, -0.25) is 0 Å². The summed E-state index contributed by atoms with van der Waals surface area (Å²) >= 11 is 0. The van der Waals surface area contributed by atoms with E-state index in [1.165, 1.54) is 109 Å². The quantitative estimate of drug-likeness (QED) is 0.101. The molecule has 0 aliphatic carbocycles. The van der Waals surface area contributed by atoms with Gasteiger partial charge in [-0.05, 0) is 32.5 Å². The zero-order chi connectivity index (χ0) is 27.3. The maximum absolute atomic E-state index is 9.33. The molecule has 0 bridgehead atoms. The van der Waals surface area contributed by atoms with Crippen molar-refractivity contribution in [3.63, 3.8) is 0 Å². The molecule has 0 rings (SSSR count). The third-order valence-electron chi connectivity index (χ3n) is 6.44. The normalized spacial score (nSPS) is 12.8. The van der Waals surface area contributed by atoms with Crippen LogP contribution < -0.4 is 0 Å². The number of aliphatic hydroxyl groups is 1. The van der Waals surface area contributed by atoms with E-state index < -0.39 is 14.4 Å². The molecule has 0 saturated carbocycles. The summed E-state index contributed by atoms with van der Waals surface area (Å²) in [5.74, 6) is 0. The molecule has 0 amide bonds. The second-order valence-electron chi connectivity index (χ2n) is 11.5. The molecule has 0 aliphatic heterocycles. The van der Waals surface area contributed by atoms with Gasteiger partial charge in [-0.1, -0.05) is 129 Å². The minimum atomic E-state index is -1.50. The molecule has 212 valence electrons. The highest BCUT2D eigenvalue weighted by Crippen LogP contribution is 2.17. The van der Waals surface area contributed by atoms with Crippen molar-refractivity contribution in [2.45, 2.75) is 187 Å². The lowest BCUT2D eigenvalue weighted by atomic mass is 10.0. The van der Waals surface area contributed by atoms with E-state index in [2.05, 4.69) is 39.6 Å². The number of rotatable bonds is 24. The second-order valence-corrected chi connectivity index (χ2v) is 15.9. The van der Waals surface area contributed by atoms with Crippen molar-refractivity contribution in [2.24, 2.45) is 0 Å². The number of unbranched alkanes of at least 4 members (excludes halogenated alkanes) is 16. The van der Waals surface area contributed by atoms with Crippen LogP contribution in [0, 0.1) is 22.7 Å². The summed E-state index contributed by atoms with van der Waals surface area (Å²) in [6.45, 7) is 11.1. The Morgan fingerprint density at radius 1 is 0.583 bits per heavy atom. The predicted molar refractivity (Wildman–Crippen MR) is 158 cm³/mol. The van der Waals surface area contributed by atoms with Crippen LogP contribution in [0.4, 0.5) is 0 Å². The minimum Gasteiger partial charge on any atom is -0.414 e. The minimum absolute atomic E-state index is 0.177. The molecule has 0 fully saturated rings. The Balaban J connectivity index is 0. The lowest BCUT2D eigenvalue weighted by Crippen LogP contribution is -2.31. The molecule has 5 heteroatoms. The van der Waals surface area contributed by atoms with Gasteiger partial charge in [0.1, 0.15) is 0 Å².